The van der Waals surface area contributed by atoms with Crippen LogP contribution in [-0.4, -0.2) is 41.5 Å². The standard InChI is InChI=1S/C10H17N5/c1-15-5-3-8(7-15)6-13-10-12-4-2-9(11)14-10/h2,4,8H,3,5-7H2,1H3,(H3,11,12,13,14). The molecule has 5 nitrogen and oxygen atoms in total. The monoisotopic (exact) mass is 207 g/mol. The van der Waals surface area contributed by atoms with Crippen molar-refractivity contribution in [1.82, 2.24) is 14.9 Å². The number of hydrogen-bond donors (Lipinski definition) is 2. The van der Waals surface area contributed by atoms with Crippen molar-refractivity contribution >= 4 is 11.8 Å². The van der Waals surface area contributed by atoms with Crippen molar-refractivity contribution in [2.24, 2.45) is 5.92 Å². The number of nitrogens with one attached hydrogen (secondary N) is 1. The van der Waals surface area contributed by atoms with E-state index >= 15 is 0 Å². The number of nitrogen functional groups attached to an aromatic ring is 1. The largest absolute Gasteiger partial charge is 0.384 e. The summed E-state index contributed by atoms with van der Waals surface area (Å²) in [5.41, 5.74) is 5.57. The van der Waals surface area contributed by atoms with Crippen molar-refractivity contribution < 1.29 is 0 Å². The summed E-state index contributed by atoms with van der Waals surface area (Å²) in [5.74, 6) is 1.83. The Hall–Kier alpha value is -1.36. The molecule has 1 fully saturated rings. The van der Waals surface area contributed by atoms with E-state index in [9.17, 15) is 0 Å². The second kappa shape index (κ2) is 4.44. The SMILES string of the molecule is CN1CCC(CNc2nccc(N)n2)C1. The molecule has 0 aliphatic carbocycles. The Morgan fingerprint density at radius 3 is 3.20 bits per heavy atom. The molecular formula is C10H17N5. The van der Waals surface area contributed by atoms with Gasteiger partial charge in [-0.3, -0.25) is 0 Å². The molecule has 0 amide bonds. The van der Waals surface area contributed by atoms with Crippen LogP contribution in [0.5, 0.6) is 0 Å². The van der Waals surface area contributed by atoms with Gasteiger partial charge in [0.25, 0.3) is 0 Å². The van der Waals surface area contributed by atoms with Crippen molar-refractivity contribution in [2.45, 2.75) is 6.42 Å². The topological polar surface area (TPSA) is 67.1 Å². The highest BCUT2D eigenvalue weighted by molar-refractivity contribution is 5.34. The third-order valence-electron chi connectivity index (χ3n) is 2.71. The molecule has 0 saturated carbocycles. The van der Waals surface area contributed by atoms with E-state index in [0.29, 0.717) is 17.7 Å². The van der Waals surface area contributed by atoms with Crippen LogP contribution >= 0.6 is 0 Å². The summed E-state index contributed by atoms with van der Waals surface area (Å²) in [7, 11) is 2.15. The van der Waals surface area contributed by atoms with Gasteiger partial charge >= 0.3 is 0 Å². The third kappa shape index (κ3) is 2.79. The summed E-state index contributed by atoms with van der Waals surface area (Å²) in [5, 5.41) is 3.22. The Labute approximate surface area is 89.7 Å². The summed E-state index contributed by atoms with van der Waals surface area (Å²) in [6, 6.07) is 1.69. The van der Waals surface area contributed by atoms with Crippen molar-refractivity contribution in [3.63, 3.8) is 0 Å². The van der Waals surface area contributed by atoms with E-state index in [1.807, 2.05) is 0 Å². The highest BCUT2D eigenvalue weighted by Gasteiger charge is 2.18. The fourth-order valence-corrected chi connectivity index (χ4v) is 1.89. The second-order valence-corrected chi connectivity index (χ2v) is 4.10. The van der Waals surface area contributed by atoms with Crippen LogP contribution < -0.4 is 11.1 Å². The average Bonchev–Trinajstić information content (AvgIpc) is 2.62. The Bertz CT molecular complexity index is 327. The maximum Gasteiger partial charge on any atom is 0.224 e. The van der Waals surface area contributed by atoms with Gasteiger partial charge in [0.15, 0.2) is 0 Å². The van der Waals surface area contributed by atoms with Gasteiger partial charge in [0.1, 0.15) is 5.82 Å². The molecule has 1 aliphatic rings. The van der Waals surface area contributed by atoms with Gasteiger partial charge in [-0.15, -0.1) is 0 Å². The molecule has 0 aromatic carbocycles. The molecule has 1 aromatic heterocycles. The first-order valence-electron chi connectivity index (χ1n) is 5.25. The minimum absolute atomic E-state index is 0.510. The van der Waals surface area contributed by atoms with Crippen LogP contribution in [-0.2, 0) is 0 Å². The molecule has 1 saturated heterocycles. The zero-order chi connectivity index (χ0) is 10.7. The van der Waals surface area contributed by atoms with E-state index in [-0.39, 0.29) is 0 Å². The van der Waals surface area contributed by atoms with Gasteiger partial charge in [0.2, 0.25) is 5.95 Å². The quantitative estimate of drug-likeness (QED) is 0.752. The molecule has 0 bridgehead atoms. The van der Waals surface area contributed by atoms with Gasteiger partial charge in [0, 0.05) is 19.3 Å². The van der Waals surface area contributed by atoms with Gasteiger partial charge in [-0.05, 0) is 32.0 Å². The molecule has 2 heterocycles. The van der Waals surface area contributed by atoms with Gasteiger partial charge in [-0.25, -0.2) is 4.98 Å². The van der Waals surface area contributed by atoms with Crippen molar-refractivity contribution in [1.29, 1.82) is 0 Å². The zero-order valence-corrected chi connectivity index (χ0v) is 8.98. The molecule has 0 radical (unpaired) electrons. The van der Waals surface area contributed by atoms with Gasteiger partial charge in [0.05, 0.1) is 0 Å². The first kappa shape index (κ1) is 10.2. The van der Waals surface area contributed by atoms with Crippen LogP contribution in [0.1, 0.15) is 6.42 Å². The minimum Gasteiger partial charge on any atom is -0.384 e. The minimum atomic E-state index is 0.510. The van der Waals surface area contributed by atoms with Gasteiger partial charge in [-0.2, -0.15) is 4.98 Å². The van der Waals surface area contributed by atoms with Crippen molar-refractivity contribution in [2.75, 3.05) is 37.7 Å². The lowest BCUT2D eigenvalue weighted by Gasteiger charge is -2.11. The molecule has 1 aliphatic heterocycles. The lowest BCUT2D eigenvalue weighted by Crippen LogP contribution is -2.19. The van der Waals surface area contributed by atoms with Crippen LogP contribution in [0.15, 0.2) is 12.3 Å². The number of rotatable bonds is 3. The number of nitrogens with zero attached hydrogens (tertiary/aromatic N) is 3. The first-order chi connectivity index (χ1) is 7.24. The highest BCUT2D eigenvalue weighted by Crippen LogP contribution is 2.14. The summed E-state index contributed by atoms with van der Waals surface area (Å²) < 4.78 is 0. The van der Waals surface area contributed by atoms with E-state index in [1.54, 1.807) is 12.3 Å². The van der Waals surface area contributed by atoms with Crippen LogP contribution in [0.2, 0.25) is 0 Å². The molecule has 3 N–H and O–H groups in total. The molecule has 82 valence electrons. The number of aromatic nitrogens is 2. The summed E-state index contributed by atoms with van der Waals surface area (Å²) in [4.78, 5) is 10.5. The normalized spacial score (nSPS) is 21.8. The van der Waals surface area contributed by atoms with E-state index in [2.05, 4.69) is 27.2 Å². The number of anilines is 2. The Morgan fingerprint density at radius 2 is 2.53 bits per heavy atom. The summed E-state index contributed by atoms with van der Waals surface area (Å²) >= 11 is 0. The summed E-state index contributed by atoms with van der Waals surface area (Å²) in [6.07, 6.45) is 2.91. The van der Waals surface area contributed by atoms with Crippen molar-refractivity contribution in [3.8, 4) is 0 Å². The van der Waals surface area contributed by atoms with Crippen LogP contribution in [0.25, 0.3) is 0 Å². The Morgan fingerprint density at radius 1 is 1.67 bits per heavy atom. The van der Waals surface area contributed by atoms with Crippen LogP contribution in [0, 0.1) is 5.92 Å². The summed E-state index contributed by atoms with van der Waals surface area (Å²) in [6.45, 7) is 3.26. The van der Waals surface area contributed by atoms with E-state index in [1.165, 1.54) is 13.0 Å². The smallest absolute Gasteiger partial charge is 0.224 e. The van der Waals surface area contributed by atoms with E-state index in [0.717, 1.165) is 13.1 Å². The molecule has 2 rings (SSSR count). The lowest BCUT2D eigenvalue weighted by atomic mass is 10.1. The van der Waals surface area contributed by atoms with Crippen LogP contribution in [0.4, 0.5) is 11.8 Å². The maximum atomic E-state index is 5.57. The first-order valence-corrected chi connectivity index (χ1v) is 5.25. The Balaban J connectivity index is 1.83. The molecule has 1 atom stereocenters. The lowest BCUT2D eigenvalue weighted by molar-refractivity contribution is 0.399. The maximum absolute atomic E-state index is 5.57. The predicted octanol–water partition coefficient (Wildman–Crippen LogP) is 0.422. The van der Waals surface area contributed by atoms with Crippen molar-refractivity contribution in [3.05, 3.63) is 12.3 Å². The van der Waals surface area contributed by atoms with Gasteiger partial charge in [-0.1, -0.05) is 0 Å². The Kier molecular flexibility index (Phi) is 3.01. The molecule has 5 heteroatoms. The fraction of sp³-hybridized carbons (Fsp3) is 0.600. The number of likely N-dealkylation sites (tertiary alicyclic amines) is 1. The van der Waals surface area contributed by atoms with E-state index in [4.69, 9.17) is 5.73 Å². The number of hydrogen-bond acceptors (Lipinski definition) is 5. The third-order valence-corrected chi connectivity index (χ3v) is 2.71. The molecule has 0 spiro atoms. The molecule has 1 unspecified atom stereocenters. The second-order valence-electron chi connectivity index (χ2n) is 4.10. The van der Waals surface area contributed by atoms with E-state index < -0.39 is 0 Å². The molecule has 1 aromatic rings. The molecular weight excluding hydrogens is 190 g/mol. The number of nitrogens with two attached hydrogens (primary N) is 1. The fourth-order valence-electron chi connectivity index (χ4n) is 1.89. The van der Waals surface area contributed by atoms with Gasteiger partial charge < -0.3 is 16.0 Å². The average molecular weight is 207 g/mol. The highest BCUT2D eigenvalue weighted by atomic mass is 15.1. The zero-order valence-electron chi connectivity index (χ0n) is 8.98. The predicted molar refractivity (Wildman–Crippen MR) is 60.5 cm³/mol. The van der Waals surface area contributed by atoms with Crippen LogP contribution in [0.3, 0.4) is 0 Å². The molecule has 15 heavy (non-hydrogen) atoms.